The standard InChI is InChI=1S/C14H12F4O4S/c1-3-10-11(15)5-4-8-6-9(21-2)7-12(13(8)10)22-23(19,20)14(16,17)18/h4-7H,3H2,1-2H3. The van der Waals surface area contributed by atoms with Gasteiger partial charge >= 0.3 is 15.6 Å². The van der Waals surface area contributed by atoms with Crippen molar-refractivity contribution in [3.05, 3.63) is 35.6 Å². The lowest BCUT2D eigenvalue weighted by Crippen LogP contribution is -2.28. The van der Waals surface area contributed by atoms with Crippen LogP contribution in [0.1, 0.15) is 12.5 Å². The molecule has 0 amide bonds. The average Bonchev–Trinajstić information content (AvgIpc) is 2.45. The number of benzene rings is 2. The van der Waals surface area contributed by atoms with Crippen LogP contribution in [0.3, 0.4) is 0 Å². The zero-order chi connectivity index (χ0) is 17.4. The van der Waals surface area contributed by atoms with Crippen LogP contribution in [0.4, 0.5) is 17.6 Å². The number of alkyl halides is 3. The Balaban J connectivity index is 2.78. The lowest BCUT2D eigenvalue weighted by atomic mass is 10.0. The summed E-state index contributed by atoms with van der Waals surface area (Å²) in [6, 6.07) is 4.87. The van der Waals surface area contributed by atoms with Gasteiger partial charge in [0, 0.05) is 11.5 Å². The summed E-state index contributed by atoms with van der Waals surface area (Å²) < 4.78 is 83.2. The number of methoxy groups -OCH3 is 1. The summed E-state index contributed by atoms with van der Waals surface area (Å²) in [4.78, 5) is 0. The molecule has 2 aromatic carbocycles. The van der Waals surface area contributed by atoms with E-state index >= 15 is 0 Å². The Hall–Kier alpha value is -2.03. The SMILES string of the molecule is CCc1c(F)ccc2cc(OC)cc(OS(=O)(=O)C(F)(F)F)c12. The quantitative estimate of drug-likeness (QED) is 0.477. The molecule has 23 heavy (non-hydrogen) atoms. The minimum atomic E-state index is -5.88. The van der Waals surface area contributed by atoms with E-state index in [9.17, 15) is 26.0 Å². The van der Waals surface area contributed by atoms with Crippen molar-refractivity contribution in [3.63, 3.8) is 0 Å². The zero-order valence-corrected chi connectivity index (χ0v) is 12.9. The van der Waals surface area contributed by atoms with Crippen molar-refractivity contribution < 1.29 is 34.9 Å². The molecule has 0 atom stereocenters. The first kappa shape index (κ1) is 17.3. The molecule has 0 heterocycles. The van der Waals surface area contributed by atoms with E-state index in [0.29, 0.717) is 5.39 Å². The van der Waals surface area contributed by atoms with Crippen molar-refractivity contribution in [2.45, 2.75) is 18.9 Å². The first-order valence-corrected chi connectivity index (χ1v) is 7.81. The molecule has 0 aliphatic heterocycles. The summed E-state index contributed by atoms with van der Waals surface area (Å²) >= 11 is 0. The smallest absolute Gasteiger partial charge is 0.497 e. The largest absolute Gasteiger partial charge is 0.534 e. The summed E-state index contributed by atoms with van der Waals surface area (Å²) in [7, 11) is -4.63. The van der Waals surface area contributed by atoms with Crippen molar-refractivity contribution in [3.8, 4) is 11.5 Å². The highest BCUT2D eigenvalue weighted by Crippen LogP contribution is 2.38. The van der Waals surface area contributed by atoms with Crippen molar-refractivity contribution in [2.24, 2.45) is 0 Å². The van der Waals surface area contributed by atoms with Gasteiger partial charge in [0.1, 0.15) is 11.6 Å². The number of hydrogen-bond acceptors (Lipinski definition) is 4. The lowest BCUT2D eigenvalue weighted by Gasteiger charge is -2.15. The van der Waals surface area contributed by atoms with E-state index in [1.165, 1.54) is 19.2 Å². The number of halogens is 4. The third kappa shape index (κ3) is 3.19. The Morgan fingerprint density at radius 1 is 1.17 bits per heavy atom. The van der Waals surface area contributed by atoms with Crippen LogP contribution in [0.15, 0.2) is 24.3 Å². The minimum absolute atomic E-state index is 0.0406. The third-order valence-electron chi connectivity index (χ3n) is 3.18. The van der Waals surface area contributed by atoms with E-state index in [0.717, 1.165) is 12.1 Å². The van der Waals surface area contributed by atoms with Crippen molar-refractivity contribution >= 4 is 20.9 Å². The van der Waals surface area contributed by atoms with Crippen LogP contribution in [0, 0.1) is 5.82 Å². The highest BCUT2D eigenvalue weighted by molar-refractivity contribution is 7.88. The Kier molecular flexibility index (Phi) is 4.43. The Labute approximate surface area is 129 Å². The predicted molar refractivity (Wildman–Crippen MR) is 75.4 cm³/mol. The molecule has 0 aliphatic rings. The van der Waals surface area contributed by atoms with Crippen LogP contribution in [-0.4, -0.2) is 21.0 Å². The van der Waals surface area contributed by atoms with Gasteiger partial charge in [0.25, 0.3) is 0 Å². The van der Waals surface area contributed by atoms with Gasteiger partial charge in [-0.1, -0.05) is 13.0 Å². The van der Waals surface area contributed by atoms with E-state index in [1.54, 1.807) is 6.92 Å². The molecule has 0 spiro atoms. The van der Waals surface area contributed by atoms with Gasteiger partial charge in [-0.15, -0.1) is 0 Å². The molecule has 0 saturated carbocycles. The highest BCUT2D eigenvalue weighted by Gasteiger charge is 2.48. The maximum absolute atomic E-state index is 13.9. The van der Waals surface area contributed by atoms with Crippen LogP contribution >= 0.6 is 0 Å². The fourth-order valence-electron chi connectivity index (χ4n) is 2.14. The highest BCUT2D eigenvalue weighted by atomic mass is 32.2. The molecule has 2 rings (SSSR count). The molecular formula is C14H12F4O4S. The first-order chi connectivity index (χ1) is 10.6. The maximum Gasteiger partial charge on any atom is 0.534 e. The topological polar surface area (TPSA) is 52.6 Å². The van der Waals surface area contributed by atoms with Crippen LogP contribution in [0.5, 0.6) is 11.5 Å². The van der Waals surface area contributed by atoms with E-state index < -0.39 is 27.2 Å². The van der Waals surface area contributed by atoms with Crippen LogP contribution in [0.25, 0.3) is 10.8 Å². The van der Waals surface area contributed by atoms with E-state index in [4.69, 9.17) is 4.74 Å². The second kappa shape index (κ2) is 5.88. The van der Waals surface area contributed by atoms with Crippen LogP contribution in [0.2, 0.25) is 0 Å². The summed E-state index contributed by atoms with van der Waals surface area (Å²) in [6.45, 7) is 1.59. The van der Waals surface area contributed by atoms with Crippen molar-refractivity contribution in [2.75, 3.05) is 7.11 Å². The van der Waals surface area contributed by atoms with Crippen LogP contribution < -0.4 is 8.92 Å². The first-order valence-electron chi connectivity index (χ1n) is 6.40. The molecule has 0 radical (unpaired) electrons. The summed E-state index contributed by atoms with van der Waals surface area (Å²) in [5, 5.41) is 0.260. The van der Waals surface area contributed by atoms with Gasteiger partial charge in [0.2, 0.25) is 0 Å². The Morgan fingerprint density at radius 3 is 2.35 bits per heavy atom. The van der Waals surface area contributed by atoms with Gasteiger partial charge < -0.3 is 8.92 Å². The monoisotopic (exact) mass is 352 g/mol. The summed E-state index contributed by atoms with van der Waals surface area (Å²) in [5.74, 6) is -1.22. The van der Waals surface area contributed by atoms with E-state index in [-0.39, 0.29) is 23.1 Å². The molecule has 126 valence electrons. The number of ether oxygens (including phenoxy) is 1. The minimum Gasteiger partial charge on any atom is -0.497 e. The number of hydrogen-bond donors (Lipinski definition) is 0. The summed E-state index contributed by atoms with van der Waals surface area (Å²) in [6.07, 6.45) is 0.137. The van der Waals surface area contributed by atoms with Crippen LogP contribution in [-0.2, 0) is 16.5 Å². The molecule has 9 heteroatoms. The number of rotatable bonds is 4. The van der Waals surface area contributed by atoms with Gasteiger partial charge in [-0.05, 0) is 29.5 Å². The van der Waals surface area contributed by atoms with Gasteiger partial charge in [-0.2, -0.15) is 21.6 Å². The predicted octanol–water partition coefficient (Wildman–Crippen LogP) is 3.78. The zero-order valence-electron chi connectivity index (χ0n) is 12.1. The Morgan fingerprint density at radius 2 is 1.83 bits per heavy atom. The van der Waals surface area contributed by atoms with Crippen molar-refractivity contribution in [1.82, 2.24) is 0 Å². The third-order valence-corrected chi connectivity index (χ3v) is 4.14. The van der Waals surface area contributed by atoms with Gasteiger partial charge in [-0.3, -0.25) is 0 Å². The van der Waals surface area contributed by atoms with E-state index in [2.05, 4.69) is 4.18 Å². The number of fused-ring (bicyclic) bond motifs is 1. The second-order valence-electron chi connectivity index (χ2n) is 4.59. The molecule has 0 aromatic heterocycles. The Bertz CT molecular complexity index is 844. The molecule has 0 saturated heterocycles. The molecule has 2 aromatic rings. The molecule has 0 unspecified atom stereocenters. The fraction of sp³-hybridized carbons (Fsp3) is 0.286. The average molecular weight is 352 g/mol. The van der Waals surface area contributed by atoms with Gasteiger partial charge in [0.15, 0.2) is 5.75 Å². The summed E-state index contributed by atoms with van der Waals surface area (Å²) in [5.41, 5.74) is -5.54. The maximum atomic E-state index is 13.9. The molecule has 0 N–H and O–H groups in total. The molecule has 4 nitrogen and oxygen atoms in total. The second-order valence-corrected chi connectivity index (χ2v) is 6.12. The molecule has 0 bridgehead atoms. The molecule has 0 fully saturated rings. The number of aryl methyl sites for hydroxylation is 1. The lowest BCUT2D eigenvalue weighted by molar-refractivity contribution is -0.0499. The van der Waals surface area contributed by atoms with Gasteiger partial charge in [-0.25, -0.2) is 4.39 Å². The fourth-order valence-corrected chi connectivity index (χ4v) is 2.61. The normalized spacial score (nSPS) is 12.4. The van der Waals surface area contributed by atoms with Crippen molar-refractivity contribution in [1.29, 1.82) is 0 Å². The van der Waals surface area contributed by atoms with Gasteiger partial charge in [0.05, 0.1) is 7.11 Å². The molecular weight excluding hydrogens is 340 g/mol. The van der Waals surface area contributed by atoms with E-state index in [1.807, 2.05) is 0 Å². The molecule has 0 aliphatic carbocycles.